The van der Waals surface area contributed by atoms with Gasteiger partial charge in [0.2, 0.25) is 5.91 Å². The highest BCUT2D eigenvalue weighted by Gasteiger charge is 2.22. The molecule has 0 spiro atoms. The van der Waals surface area contributed by atoms with Gasteiger partial charge >= 0.3 is 0 Å². The lowest BCUT2D eigenvalue weighted by Gasteiger charge is -2.32. The lowest BCUT2D eigenvalue weighted by molar-refractivity contribution is -0.129. The quantitative estimate of drug-likeness (QED) is 0.358. The molecule has 0 aromatic heterocycles. The number of carbonyl (C=O) groups is 1. The fourth-order valence-corrected chi connectivity index (χ4v) is 3.87. The molecule has 162 valence electrons. The molecule has 3 rings (SSSR count). The van der Waals surface area contributed by atoms with Crippen molar-refractivity contribution in [2.75, 3.05) is 46.9 Å². The largest absolute Gasteiger partial charge is 0.493 e. The highest BCUT2D eigenvalue weighted by atomic mass is 127. The van der Waals surface area contributed by atoms with Crippen LogP contribution in [0.15, 0.2) is 17.1 Å². The Morgan fingerprint density at radius 1 is 1.07 bits per heavy atom. The Labute approximate surface area is 190 Å². The van der Waals surface area contributed by atoms with E-state index in [1.807, 2.05) is 4.90 Å². The molecule has 0 aliphatic carbocycles. The Balaban J connectivity index is 0.00000300. The van der Waals surface area contributed by atoms with E-state index in [-0.39, 0.29) is 29.9 Å². The van der Waals surface area contributed by atoms with Crippen LogP contribution in [0.4, 0.5) is 0 Å². The predicted molar refractivity (Wildman–Crippen MR) is 125 cm³/mol. The first-order valence-corrected chi connectivity index (χ1v) is 10.2. The molecule has 29 heavy (non-hydrogen) atoms. The maximum atomic E-state index is 12.3. The first kappa shape index (κ1) is 23.6. The van der Waals surface area contributed by atoms with Crippen LogP contribution < -0.4 is 14.8 Å². The van der Waals surface area contributed by atoms with Crippen LogP contribution in [0.3, 0.4) is 0 Å². The van der Waals surface area contributed by atoms with Crippen LogP contribution in [0.25, 0.3) is 0 Å². The van der Waals surface area contributed by atoms with Crippen LogP contribution in [0.5, 0.6) is 11.5 Å². The fourth-order valence-electron chi connectivity index (χ4n) is 3.87. The number of benzene rings is 1. The third kappa shape index (κ3) is 5.90. The Morgan fingerprint density at radius 2 is 1.72 bits per heavy atom. The first-order chi connectivity index (χ1) is 13.7. The number of methoxy groups -OCH3 is 2. The normalized spacial score (nSPS) is 16.2. The Bertz CT molecular complexity index is 720. The molecule has 0 saturated carbocycles. The summed E-state index contributed by atoms with van der Waals surface area (Å²) in [5, 5.41) is 3.37. The van der Waals surface area contributed by atoms with E-state index in [9.17, 15) is 4.79 Å². The molecule has 0 radical (unpaired) electrons. The summed E-state index contributed by atoms with van der Waals surface area (Å²) in [6, 6.07) is 4.13. The number of nitrogens with zero attached hydrogens (tertiary/aromatic N) is 3. The number of carbonyl (C=O) groups excluding carboxylic acids is 1. The monoisotopic (exact) mass is 516 g/mol. The summed E-state index contributed by atoms with van der Waals surface area (Å²) in [7, 11) is 3.33. The molecule has 1 aromatic carbocycles. The van der Waals surface area contributed by atoms with Crippen LogP contribution in [0, 0.1) is 0 Å². The highest BCUT2D eigenvalue weighted by molar-refractivity contribution is 14.0. The van der Waals surface area contributed by atoms with Crippen molar-refractivity contribution in [3.8, 4) is 11.5 Å². The zero-order chi connectivity index (χ0) is 19.9. The van der Waals surface area contributed by atoms with Crippen molar-refractivity contribution < 1.29 is 14.3 Å². The molecular weight excluding hydrogens is 483 g/mol. The van der Waals surface area contributed by atoms with Gasteiger partial charge in [-0.05, 0) is 49.4 Å². The van der Waals surface area contributed by atoms with Crippen LogP contribution in [0.2, 0.25) is 0 Å². The molecule has 1 saturated heterocycles. The number of likely N-dealkylation sites (tertiary alicyclic amines) is 1. The van der Waals surface area contributed by atoms with E-state index in [0.717, 1.165) is 69.4 Å². The molecule has 8 heteroatoms. The fraction of sp³-hybridized carbons (Fsp3) is 0.619. The summed E-state index contributed by atoms with van der Waals surface area (Å²) in [5.74, 6) is 2.62. The topological polar surface area (TPSA) is 66.4 Å². The van der Waals surface area contributed by atoms with Crippen LogP contribution in [-0.4, -0.2) is 68.6 Å². The lowest BCUT2D eigenvalue weighted by Crippen LogP contribution is -2.44. The van der Waals surface area contributed by atoms with Gasteiger partial charge in [-0.15, -0.1) is 24.0 Å². The number of rotatable bonds is 6. The van der Waals surface area contributed by atoms with Gasteiger partial charge in [0.1, 0.15) is 0 Å². The summed E-state index contributed by atoms with van der Waals surface area (Å²) in [4.78, 5) is 21.2. The standard InChI is InChI=1S/C21H32N4O3.HI/c1-4-22-21(23-9-7-20(26)24-10-5-6-11-24)25-12-8-16-13-18(27-2)19(28-3)14-17(16)15-25;/h13-14H,4-12,15H2,1-3H3,(H,22,23);1H. The third-order valence-corrected chi connectivity index (χ3v) is 5.40. The van der Waals surface area contributed by atoms with Crippen molar-refractivity contribution in [2.45, 2.75) is 39.2 Å². The maximum Gasteiger partial charge on any atom is 0.224 e. The van der Waals surface area contributed by atoms with Crippen LogP contribution in [0.1, 0.15) is 37.3 Å². The van der Waals surface area contributed by atoms with E-state index < -0.39 is 0 Å². The van der Waals surface area contributed by atoms with Gasteiger partial charge < -0.3 is 24.6 Å². The van der Waals surface area contributed by atoms with Crippen molar-refractivity contribution in [1.82, 2.24) is 15.1 Å². The van der Waals surface area contributed by atoms with E-state index in [1.54, 1.807) is 14.2 Å². The molecule has 1 fully saturated rings. The van der Waals surface area contributed by atoms with Gasteiger partial charge in [-0.3, -0.25) is 9.79 Å². The first-order valence-electron chi connectivity index (χ1n) is 10.2. The van der Waals surface area contributed by atoms with Crippen LogP contribution in [-0.2, 0) is 17.8 Å². The number of hydrogen-bond donors (Lipinski definition) is 1. The van der Waals surface area contributed by atoms with E-state index in [2.05, 4.69) is 29.3 Å². The summed E-state index contributed by atoms with van der Waals surface area (Å²) in [6.07, 6.45) is 3.65. The number of guanidine groups is 1. The van der Waals surface area contributed by atoms with E-state index in [4.69, 9.17) is 14.5 Å². The van der Waals surface area contributed by atoms with Gasteiger partial charge in [-0.25, -0.2) is 0 Å². The molecular formula is C21H33IN4O3. The average Bonchev–Trinajstić information content (AvgIpc) is 3.26. The lowest BCUT2D eigenvalue weighted by atomic mass is 9.99. The Morgan fingerprint density at radius 3 is 2.34 bits per heavy atom. The molecule has 0 unspecified atom stereocenters. The minimum atomic E-state index is 0. The van der Waals surface area contributed by atoms with Gasteiger partial charge in [0, 0.05) is 39.1 Å². The third-order valence-electron chi connectivity index (χ3n) is 5.40. The second kappa shape index (κ2) is 11.5. The Kier molecular flexibility index (Phi) is 9.32. The molecule has 0 bridgehead atoms. The van der Waals surface area contributed by atoms with E-state index in [1.165, 1.54) is 11.1 Å². The summed E-state index contributed by atoms with van der Waals surface area (Å²) < 4.78 is 10.9. The van der Waals surface area contributed by atoms with E-state index >= 15 is 0 Å². The molecule has 2 aliphatic heterocycles. The number of nitrogens with one attached hydrogen (secondary N) is 1. The Hall–Kier alpha value is -1.71. The number of halogens is 1. The van der Waals surface area contributed by atoms with Crippen molar-refractivity contribution in [3.05, 3.63) is 23.3 Å². The highest BCUT2D eigenvalue weighted by Crippen LogP contribution is 2.33. The summed E-state index contributed by atoms with van der Waals surface area (Å²) >= 11 is 0. The number of fused-ring (bicyclic) bond motifs is 1. The van der Waals surface area contributed by atoms with Gasteiger partial charge in [0.25, 0.3) is 0 Å². The second-order valence-corrected chi connectivity index (χ2v) is 7.22. The molecule has 2 heterocycles. The molecule has 1 aromatic rings. The number of amides is 1. The summed E-state index contributed by atoms with van der Waals surface area (Å²) in [5.41, 5.74) is 2.51. The van der Waals surface area contributed by atoms with Gasteiger partial charge in [-0.1, -0.05) is 0 Å². The SMILES string of the molecule is CCNC(=NCCC(=O)N1CCCC1)N1CCc2cc(OC)c(OC)cc2C1.I. The molecule has 7 nitrogen and oxygen atoms in total. The zero-order valence-corrected chi connectivity index (χ0v) is 20.0. The molecule has 0 atom stereocenters. The molecule has 2 aliphatic rings. The second-order valence-electron chi connectivity index (χ2n) is 7.22. The predicted octanol–water partition coefficient (Wildman–Crippen LogP) is 2.66. The number of aliphatic imine (C=N–C) groups is 1. The van der Waals surface area contributed by atoms with Crippen molar-refractivity contribution in [1.29, 1.82) is 0 Å². The van der Waals surface area contributed by atoms with Gasteiger partial charge in [0.05, 0.1) is 20.8 Å². The average molecular weight is 516 g/mol. The molecule has 1 N–H and O–H groups in total. The van der Waals surface area contributed by atoms with E-state index in [0.29, 0.717) is 13.0 Å². The minimum absolute atomic E-state index is 0. The minimum Gasteiger partial charge on any atom is -0.493 e. The van der Waals surface area contributed by atoms with Crippen molar-refractivity contribution in [3.63, 3.8) is 0 Å². The van der Waals surface area contributed by atoms with Crippen LogP contribution >= 0.6 is 24.0 Å². The number of hydrogen-bond acceptors (Lipinski definition) is 4. The molecule has 1 amide bonds. The van der Waals surface area contributed by atoms with Crippen molar-refractivity contribution >= 4 is 35.8 Å². The van der Waals surface area contributed by atoms with Crippen molar-refractivity contribution in [2.24, 2.45) is 4.99 Å². The van der Waals surface area contributed by atoms with Gasteiger partial charge in [0.15, 0.2) is 17.5 Å². The maximum absolute atomic E-state index is 12.3. The number of ether oxygens (including phenoxy) is 2. The smallest absolute Gasteiger partial charge is 0.224 e. The summed E-state index contributed by atoms with van der Waals surface area (Å²) in [6.45, 7) is 6.83. The zero-order valence-electron chi connectivity index (χ0n) is 17.7. The van der Waals surface area contributed by atoms with Gasteiger partial charge in [-0.2, -0.15) is 0 Å².